The van der Waals surface area contributed by atoms with E-state index >= 15 is 4.39 Å². The lowest BCUT2D eigenvalue weighted by Gasteiger charge is -2.44. The lowest BCUT2D eigenvalue weighted by atomic mass is 9.81. The number of nitrogens with two attached hydrogens (primary N) is 1. The van der Waals surface area contributed by atoms with Gasteiger partial charge in [0.2, 0.25) is 23.6 Å². The second-order valence-electron chi connectivity index (χ2n) is 19.5. The van der Waals surface area contributed by atoms with E-state index in [1.807, 2.05) is 0 Å². The molecule has 1 aliphatic carbocycles. The number of carbonyl (C=O) groups excluding carboxylic acids is 9. The molecule has 4 aliphatic rings. The summed E-state index contributed by atoms with van der Waals surface area (Å²) in [6.07, 6.45) is -7.28. The Kier molecular flexibility index (Phi) is 18.0. The average Bonchev–Trinajstić information content (AvgIpc) is 3.83. The lowest BCUT2D eigenvalue weighted by Crippen LogP contribution is -2.63. The van der Waals surface area contributed by atoms with Gasteiger partial charge in [0.05, 0.1) is 54.2 Å². The predicted octanol–water partition coefficient (Wildman–Crippen LogP) is -0.595. The fourth-order valence-electron chi connectivity index (χ4n) is 9.83. The van der Waals surface area contributed by atoms with Crippen molar-refractivity contribution in [3.63, 3.8) is 0 Å². The topological polar surface area (TPSA) is 357 Å². The number of aryl methyl sites for hydroxylation is 1. The monoisotopic (exact) mass is 1100 g/mol. The summed E-state index contributed by atoms with van der Waals surface area (Å²) in [5, 5.41) is 22.2. The molecule has 0 radical (unpaired) electrons. The second-order valence-corrected chi connectivity index (χ2v) is 19.5. The molecule has 3 aromatic rings. The van der Waals surface area contributed by atoms with Crippen LogP contribution in [0.1, 0.15) is 101 Å². The summed E-state index contributed by atoms with van der Waals surface area (Å²) in [4.78, 5) is 134. The molecule has 0 spiro atoms. The van der Waals surface area contributed by atoms with Crippen LogP contribution in [0, 0.1) is 18.7 Å². The molecule has 1 fully saturated rings. The van der Waals surface area contributed by atoms with Crippen molar-refractivity contribution < 1.29 is 90.5 Å². The summed E-state index contributed by atoms with van der Waals surface area (Å²) in [6.45, 7) is 7.27. The van der Waals surface area contributed by atoms with Gasteiger partial charge in [-0.15, -0.1) is 0 Å². The molecule has 4 amide bonds. The molecule has 1 saturated heterocycles. The summed E-state index contributed by atoms with van der Waals surface area (Å²) in [5.41, 5.74) is 6.88. The standard InChI is InChI=1S/C51H62FN7O19/c1-9-51(70)30-12-35-42-28(15-59(35)48(68)29(30)16-74-50(51)69)40-32(11-10-27-22(4)31(52)13-33(57-42)39(27)40)56-38(65)19-71-20-55-37(64)14-54-46(66)34(58-47(67)41(53)21(2)3)17-73-49-45(77-26(8)63)44(76-25(7)62)43(75-24(6)61)36(78-49)18-72-23(5)60/h12-13,21,32,34,36,41,43-45,49,70H,9-11,14-20,53H2,1-8H3,(H,54,66)(H,55,64)(H,56,65)(H,58,67)/t32-,34-,36+,41-,43-,44-,45+,49+,51-/m0/s1. The van der Waals surface area contributed by atoms with Crippen LogP contribution in [0.4, 0.5) is 4.39 Å². The average molecular weight is 1100 g/mol. The van der Waals surface area contributed by atoms with Crippen molar-refractivity contribution in [2.45, 2.75) is 142 Å². The first-order valence-electron chi connectivity index (χ1n) is 25.1. The summed E-state index contributed by atoms with van der Waals surface area (Å²) in [7, 11) is 0. The van der Waals surface area contributed by atoms with E-state index in [9.17, 15) is 53.1 Å². The van der Waals surface area contributed by atoms with Gasteiger partial charge in [-0.05, 0) is 54.9 Å². The SMILES string of the molecule is CC[C@@]1(O)C(=O)OCc2c1cc1n(c2=O)Cc2c-1nc1cc(F)c(C)c3c1c2[C@@H](NC(=O)COCNC(=O)CNC(=O)[C@H](CO[C@@H]1O[C@H](COC(C)=O)[C@H](OC(C)=O)[C@H](OC(C)=O)[C@H]1OC(C)=O)NC(=O)[C@@H](N)C(C)C)CC3. The number of hydrogen-bond donors (Lipinski definition) is 6. The Labute approximate surface area is 444 Å². The highest BCUT2D eigenvalue weighted by atomic mass is 19.1. The zero-order chi connectivity index (χ0) is 57.1. The van der Waals surface area contributed by atoms with Crippen LogP contribution < -0.4 is 32.6 Å². The number of nitrogens with one attached hydrogen (secondary N) is 4. The number of cyclic esters (lactones) is 1. The highest BCUT2D eigenvalue weighted by Gasteiger charge is 2.53. The first kappa shape index (κ1) is 58.2. The van der Waals surface area contributed by atoms with Crippen molar-refractivity contribution in [3.8, 4) is 11.4 Å². The number of hydrogen-bond acceptors (Lipinski definition) is 21. The van der Waals surface area contributed by atoms with Crippen LogP contribution in [0.3, 0.4) is 0 Å². The number of aromatic nitrogens is 2. The number of aliphatic hydroxyl groups is 1. The minimum absolute atomic E-state index is 0.0167. The molecule has 9 atom stereocenters. The highest BCUT2D eigenvalue weighted by Crippen LogP contribution is 2.46. The maximum Gasteiger partial charge on any atom is 0.343 e. The van der Waals surface area contributed by atoms with Crippen LogP contribution in [0.2, 0.25) is 0 Å². The summed E-state index contributed by atoms with van der Waals surface area (Å²) in [5.74, 6) is -8.44. The normalized spacial score (nSPS) is 22.6. The van der Waals surface area contributed by atoms with Crippen molar-refractivity contribution in [3.05, 3.63) is 61.7 Å². The Morgan fingerprint density at radius 2 is 1.59 bits per heavy atom. The fraction of sp³-hybridized carbons (Fsp3) is 0.549. The number of esters is 5. The molecule has 422 valence electrons. The minimum Gasteiger partial charge on any atom is -0.463 e. The Bertz CT molecular complexity index is 3000. The third-order valence-corrected chi connectivity index (χ3v) is 13.8. The van der Waals surface area contributed by atoms with Gasteiger partial charge < -0.3 is 74.6 Å². The third-order valence-electron chi connectivity index (χ3n) is 13.8. The Morgan fingerprint density at radius 3 is 2.24 bits per heavy atom. The largest absolute Gasteiger partial charge is 0.463 e. The molecule has 0 bridgehead atoms. The van der Waals surface area contributed by atoms with Crippen LogP contribution in [-0.2, 0) is 106 Å². The first-order chi connectivity index (χ1) is 36.8. The molecule has 0 unspecified atom stereocenters. The molecular weight excluding hydrogens is 1030 g/mol. The zero-order valence-electron chi connectivity index (χ0n) is 44.1. The Morgan fingerprint density at radius 1 is 0.910 bits per heavy atom. The number of nitrogens with zero attached hydrogens (tertiary/aromatic N) is 2. The molecule has 3 aliphatic heterocycles. The molecule has 7 rings (SSSR count). The Balaban J connectivity index is 1.01. The smallest absolute Gasteiger partial charge is 0.343 e. The maximum absolute atomic E-state index is 15.4. The molecular formula is C51H62FN7O19. The number of pyridine rings is 2. The third kappa shape index (κ3) is 12.3. The van der Waals surface area contributed by atoms with E-state index in [0.717, 1.165) is 27.7 Å². The van der Waals surface area contributed by atoms with E-state index in [-0.39, 0.29) is 36.2 Å². The van der Waals surface area contributed by atoms with Gasteiger partial charge in [-0.25, -0.2) is 14.2 Å². The second kappa shape index (κ2) is 24.1. The highest BCUT2D eigenvalue weighted by molar-refractivity contribution is 5.94. The molecule has 78 heavy (non-hydrogen) atoms. The lowest BCUT2D eigenvalue weighted by molar-refractivity contribution is -0.308. The summed E-state index contributed by atoms with van der Waals surface area (Å²) >= 11 is 0. The van der Waals surface area contributed by atoms with Gasteiger partial charge in [0, 0.05) is 50.3 Å². The minimum atomic E-state index is -2.08. The van der Waals surface area contributed by atoms with Crippen molar-refractivity contribution in [2.24, 2.45) is 11.7 Å². The number of amides is 4. The molecule has 26 nitrogen and oxygen atoms in total. The number of ether oxygens (including phenoxy) is 8. The van der Waals surface area contributed by atoms with Crippen LogP contribution in [-0.4, -0.2) is 144 Å². The number of carbonyl (C=O) groups is 9. The molecule has 27 heteroatoms. The van der Waals surface area contributed by atoms with Gasteiger partial charge in [-0.2, -0.15) is 0 Å². The van der Waals surface area contributed by atoms with E-state index in [2.05, 4.69) is 21.3 Å². The summed E-state index contributed by atoms with van der Waals surface area (Å²) < 4.78 is 60.7. The molecule has 0 saturated carbocycles. The van der Waals surface area contributed by atoms with Crippen molar-refractivity contribution in [2.75, 3.05) is 33.1 Å². The van der Waals surface area contributed by atoms with E-state index in [1.165, 1.54) is 10.6 Å². The van der Waals surface area contributed by atoms with Gasteiger partial charge in [0.1, 0.15) is 44.5 Å². The summed E-state index contributed by atoms with van der Waals surface area (Å²) in [6, 6.07) is -0.602. The quantitative estimate of drug-likeness (QED) is 0.0279. The first-order valence-corrected chi connectivity index (χ1v) is 25.1. The van der Waals surface area contributed by atoms with Crippen molar-refractivity contribution in [1.82, 2.24) is 30.8 Å². The van der Waals surface area contributed by atoms with E-state index in [1.54, 1.807) is 33.8 Å². The van der Waals surface area contributed by atoms with E-state index < -0.39 is 158 Å². The number of halogens is 1. The van der Waals surface area contributed by atoms with Crippen molar-refractivity contribution in [1.29, 1.82) is 0 Å². The number of fused-ring (bicyclic) bond motifs is 5. The van der Waals surface area contributed by atoms with Gasteiger partial charge in [-0.3, -0.25) is 43.2 Å². The van der Waals surface area contributed by atoms with E-state index in [0.29, 0.717) is 51.9 Å². The molecule has 7 N–H and O–H groups in total. The van der Waals surface area contributed by atoms with Crippen LogP contribution in [0.25, 0.3) is 22.3 Å². The molecule has 1 aromatic carbocycles. The molecule has 5 heterocycles. The van der Waals surface area contributed by atoms with Crippen LogP contribution in [0.15, 0.2) is 16.9 Å². The number of rotatable bonds is 20. The van der Waals surface area contributed by atoms with E-state index in [4.69, 9.17) is 48.6 Å². The zero-order valence-corrected chi connectivity index (χ0v) is 44.1. The van der Waals surface area contributed by atoms with Crippen LogP contribution >= 0.6 is 0 Å². The fourth-order valence-corrected chi connectivity index (χ4v) is 9.83. The van der Waals surface area contributed by atoms with Gasteiger partial charge in [0.15, 0.2) is 30.2 Å². The van der Waals surface area contributed by atoms with Gasteiger partial charge in [-0.1, -0.05) is 20.8 Å². The number of benzene rings is 1. The predicted molar refractivity (Wildman–Crippen MR) is 263 cm³/mol. The van der Waals surface area contributed by atoms with Gasteiger partial charge >= 0.3 is 29.8 Å². The van der Waals surface area contributed by atoms with Crippen molar-refractivity contribution >= 4 is 64.4 Å². The Hall–Kier alpha value is -7.46. The molecule has 2 aromatic heterocycles. The van der Waals surface area contributed by atoms with Crippen LogP contribution in [0.5, 0.6) is 0 Å². The van der Waals surface area contributed by atoms with Gasteiger partial charge in [0.25, 0.3) is 5.56 Å². The maximum atomic E-state index is 15.4.